The fraction of sp³-hybridized carbons (Fsp3) is 0.200. The van der Waals surface area contributed by atoms with Gasteiger partial charge in [-0.2, -0.15) is 17.4 Å². The minimum Gasteiger partial charge on any atom is -0.195 e. The number of benzene rings is 2. The van der Waals surface area contributed by atoms with Crippen molar-refractivity contribution in [2.45, 2.75) is 6.04 Å². The smallest absolute Gasteiger partial charge is 0.195 e. The highest BCUT2D eigenvalue weighted by molar-refractivity contribution is 7.87. The van der Waals surface area contributed by atoms with Crippen molar-refractivity contribution in [1.82, 2.24) is 9.03 Å². The maximum atomic E-state index is 12.2. The van der Waals surface area contributed by atoms with Crippen molar-refractivity contribution >= 4 is 21.8 Å². The Hall–Kier alpha value is -1.40. The topological polar surface area (TPSA) is 49.4 Å². The molecule has 2 aromatic rings. The highest BCUT2D eigenvalue weighted by atomic mass is 35.5. The van der Waals surface area contributed by atoms with E-state index in [1.165, 1.54) is 14.1 Å². The second kappa shape index (κ2) is 6.58. The Bertz CT molecular complexity index is 703. The lowest BCUT2D eigenvalue weighted by Crippen LogP contribution is -2.38. The predicted molar refractivity (Wildman–Crippen MR) is 85.5 cm³/mol. The molecule has 112 valence electrons. The monoisotopic (exact) mass is 324 g/mol. The molecule has 0 amide bonds. The van der Waals surface area contributed by atoms with Crippen LogP contribution in [-0.2, 0) is 10.2 Å². The summed E-state index contributed by atoms with van der Waals surface area (Å²) in [5.74, 6) is 0. The average molecular weight is 325 g/mol. The molecule has 0 aliphatic rings. The maximum Gasteiger partial charge on any atom is 0.279 e. The lowest BCUT2D eigenvalue weighted by Gasteiger charge is -2.23. The van der Waals surface area contributed by atoms with E-state index in [4.69, 9.17) is 11.6 Å². The number of halogens is 1. The van der Waals surface area contributed by atoms with Gasteiger partial charge in [-0.3, -0.25) is 0 Å². The molecule has 0 saturated carbocycles. The van der Waals surface area contributed by atoms with E-state index in [9.17, 15) is 8.42 Å². The highest BCUT2D eigenvalue weighted by Crippen LogP contribution is 2.28. The van der Waals surface area contributed by atoms with Crippen LogP contribution in [-0.4, -0.2) is 26.8 Å². The second-order valence-corrected chi connectivity index (χ2v) is 7.09. The quantitative estimate of drug-likeness (QED) is 0.919. The van der Waals surface area contributed by atoms with Gasteiger partial charge in [0.1, 0.15) is 0 Å². The number of rotatable bonds is 5. The first-order valence-corrected chi connectivity index (χ1v) is 8.23. The van der Waals surface area contributed by atoms with E-state index in [1.807, 2.05) is 48.5 Å². The SMILES string of the molecule is CN(C)S(=O)(=O)N[C@@H](c1ccccc1)c1ccccc1Cl. The summed E-state index contributed by atoms with van der Waals surface area (Å²) in [6.07, 6.45) is 0. The molecule has 0 saturated heterocycles. The van der Waals surface area contributed by atoms with Crippen LogP contribution in [0.2, 0.25) is 5.02 Å². The zero-order valence-electron chi connectivity index (χ0n) is 11.8. The minimum atomic E-state index is -3.59. The molecule has 0 aromatic heterocycles. The zero-order valence-corrected chi connectivity index (χ0v) is 13.4. The van der Waals surface area contributed by atoms with Gasteiger partial charge in [-0.1, -0.05) is 60.1 Å². The Morgan fingerprint density at radius 2 is 1.57 bits per heavy atom. The molecule has 21 heavy (non-hydrogen) atoms. The minimum absolute atomic E-state index is 0.521. The third kappa shape index (κ3) is 3.83. The van der Waals surface area contributed by atoms with Gasteiger partial charge in [0, 0.05) is 19.1 Å². The van der Waals surface area contributed by atoms with E-state index in [0.717, 1.165) is 15.4 Å². The van der Waals surface area contributed by atoms with Crippen molar-refractivity contribution in [3.8, 4) is 0 Å². The Balaban J connectivity index is 2.49. The molecule has 6 heteroatoms. The number of hydrogen-bond acceptors (Lipinski definition) is 2. The van der Waals surface area contributed by atoms with Crippen LogP contribution in [0.4, 0.5) is 0 Å². The Morgan fingerprint density at radius 3 is 2.14 bits per heavy atom. The normalized spacial score (nSPS) is 13.3. The summed E-state index contributed by atoms with van der Waals surface area (Å²) in [5, 5.41) is 0.521. The summed E-state index contributed by atoms with van der Waals surface area (Å²) in [6.45, 7) is 0. The summed E-state index contributed by atoms with van der Waals surface area (Å²) >= 11 is 6.23. The first-order valence-electron chi connectivity index (χ1n) is 6.41. The predicted octanol–water partition coefficient (Wildman–Crippen LogP) is 2.83. The molecule has 0 unspecified atom stereocenters. The van der Waals surface area contributed by atoms with Crippen molar-refractivity contribution in [3.63, 3.8) is 0 Å². The second-order valence-electron chi connectivity index (χ2n) is 4.77. The lowest BCUT2D eigenvalue weighted by atomic mass is 10.00. The van der Waals surface area contributed by atoms with Crippen molar-refractivity contribution in [1.29, 1.82) is 0 Å². The molecular formula is C15H17ClN2O2S. The highest BCUT2D eigenvalue weighted by Gasteiger charge is 2.24. The van der Waals surface area contributed by atoms with Gasteiger partial charge in [-0.15, -0.1) is 0 Å². The van der Waals surface area contributed by atoms with Gasteiger partial charge in [-0.05, 0) is 17.2 Å². The summed E-state index contributed by atoms with van der Waals surface area (Å²) in [5.41, 5.74) is 1.55. The van der Waals surface area contributed by atoms with Gasteiger partial charge in [0.25, 0.3) is 10.2 Å². The first-order chi connectivity index (χ1) is 9.92. The lowest BCUT2D eigenvalue weighted by molar-refractivity contribution is 0.498. The van der Waals surface area contributed by atoms with Crippen molar-refractivity contribution < 1.29 is 8.42 Å². The number of hydrogen-bond donors (Lipinski definition) is 1. The van der Waals surface area contributed by atoms with E-state index in [1.54, 1.807) is 6.07 Å². The fourth-order valence-corrected chi connectivity index (χ4v) is 2.94. The molecule has 0 radical (unpaired) electrons. The first kappa shape index (κ1) is 16.0. The molecular weight excluding hydrogens is 308 g/mol. The third-order valence-electron chi connectivity index (χ3n) is 3.10. The zero-order chi connectivity index (χ0) is 15.5. The van der Waals surface area contributed by atoms with E-state index in [0.29, 0.717) is 5.02 Å². The van der Waals surface area contributed by atoms with Crippen LogP contribution >= 0.6 is 11.6 Å². The molecule has 0 fully saturated rings. The third-order valence-corrected chi connectivity index (χ3v) is 4.94. The summed E-state index contributed by atoms with van der Waals surface area (Å²) in [7, 11) is -0.620. The van der Waals surface area contributed by atoms with Crippen LogP contribution in [0.3, 0.4) is 0 Å². The molecule has 0 aliphatic carbocycles. The molecule has 2 aromatic carbocycles. The van der Waals surface area contributed by atoms with E-state index >= 15 is 0 Å². The van der Waals surface area contributed by atoms with Crippen LogP contribution in [0.15, 0.2) is 54.6 Å². The van der Waals surface area contributed by atoms with E-state index in [-0.39, 0.29) is 0 Å². The van der Waals surface area contributed by atoms with E-state index < -0.39 is 16.3 Å². The molecule has 0 heterocycles. The standard InChI is InChI=1S/C15H17ClN2O2S/c1-18(2)21(19,20)17-15(12-8-4-3-5-9-12)13-10-6-7-11-14(13)16/h3-11,15,17H,1-2H3/t15-/m0/s1. The van der Waals surface area contributed by atoms with Gasteiger partial charge in [0.05, 0.1) is 6.04 Å². The maximum absolute atomic E-state index is 12.2. The van der Waals surface area contributed by atoms with Crippen LogP contribution in [0, 0.1) is 0 Å². The molecule has 2 rings (SSSR count). The Labute approximate surface area is 130 Å². The fourth-order valence-electron chi connectivity index (χ4n) is 1.92. The van der Waals surface area contributed by atoms with Gasteiger partial charge < -0.3 is 0 Å². The summed E-state index contributed by atoms with van der Waals surface area (Å²) in [4.78, 5) is 0. The van der Waals surface area contributed by atoms with E-state index in [2.05, 4.69) is 4.72 Å². The largest absolute Gasteiger partial charge is 0.279 e. The van der Waals surface area contributed by atoms with Crippen molar-refractivity contribution in [2.24, 2.45) is 0 Å². The van der Waals surface area contributed by atoms with Crippen LogP contribution in [0.5, 0.6) is 0 Å². The summed E-state index contributed by atoms with van der Waals surface area (Å²) in [6, 6.07) is 16.0. The van der Waals surface area contributed by atoms with Gasteiger partial charge >= 0.3 is 0 Å². The summed E-state index contributed by atoms with van der Waals surface area (Å²) < 4.78 is 28.2. The molecule has 0 aliphatic heterocycles. The van der Waals surface area contributed by atoms with Crippen LogP contribution in [0.1, 0.15) is 17.2 Å². The van der Waals surface area contributed by atoms with Crippen molar-refractivity contribution in [2.75, 3.05) is 14.1 Å². The molecule has 0 spiro atoms. The molecule has 1 atom stereocenters. The Kier molecular flexibility index (Phi) is 5.00. The van der Waals surface area contributed by atoms with Crippen LogP contribution in [0.25, 0.3) is 0 Å². The van der Waals surface area contributed by atoms with Crippen molar-refractivity contribution in [3.05, 3.63) is 70.7 Å². The molecule has 1 N–H and O–H groups in total. The average Bonchev–Trinajstić information content (AvgIpc) is 2.46. The van der Waals surface area contributed by atoms with Crippen LogP contribution < -0.4 is 4.72 Å². The van der Waals surface area contributed by atoms with Gasteiger partial charge in [0.2, 0.25) is 0 Å². The molecule has 4 nitrogen and oxygen atoms in total. The Morgan fingerprint density at radius 1 is 1.00 bits per heavy atom. The van der Waals surface area contributed by atoms with Gasteiger partial charge in [-0.25, -0.2) is 0 Å². The number of nitrogens with one attached hydrogen (secondary N) is 1. The molecule has 0 bridgehead atoms. The number of nitrogens with zero attached hydrogens (tertiary/aromatic N) is 1. The van der Waals surface area contributed by atoms with Gasteiger partial charge in [0.15, 0.2) is 0 Å².